The molecule has 0 heterocycles. The third kappa shape index (κ3) is 3.35. The summed E-state index contributed by atoms with van der Waals surface area (Å²) in [5.41, 5.74) is 3.15. The van der Waals surface area contributed by atoms with Crippen molar-refractivity contribution in [2.45, 2.75) is 12.5 Å². The Morgan fingerprint density at radius 1 is 1.20 bits per heavy atom. The highest BCUT2D eigenvalue weighted by Gasteiger charge is 2.19. The summed E-state index contributed by atoms with van der Waals surface area (Å²) >= 11 is 9.18. The van der Waals surface area contributed by atoms with Gasteiger partial charge in [-0.25, -0.2) is 8.78 Å². The van der Waals surface area contributed by atoms with Crippen LogP contribution in [0.15, 0.2) is 40.9 Å². The van der Waals surface area contributed by atoms with Crippen molar-refractivity contribution < 1.29 is 8.78 Å². The van der Waals surface area contributed by atoms with Gasteiger partial charge in [0.25, 0.3) is 0 Å². The number of nitrogens with one attached hydrogen (secondary N) is 1. The second kappa shape index (κ2) is 6.63. The maximum atomic E-state index is 13.9. The van der Waals surface area contributed by atoms with Crippen molar-refractivity contribution in [3.05, 3.63) is 68.7 Å². The van der Waals surface area contributed by atoms with Crippen LogP contribution in [0.5, 0.6) is 0 Å². The Morgan fingerprint density at radius 2 is 1.95 bits per heavy atom. The van der Waals surface area contributed by atoms with E-state index in [-0.39, 0.29) is 22.8 Å². The van der Waals surface area contributed by atoms with Crippen molar-refractivity contribution >= 4 is 27.5 Å². The van der Waals surface area contributed by atoms with E-state index >= 15 is 0 Å². The SMILES string of the molecule is NNC(Cc1ccc(Br)cc1F)c1c(F)cccc1Cl. The van der Waals surface area contributed by atoms with Crippen molar-refractivity contribution in [2.75, 3.05) is 0 Å². The van der Waals surface area contributed by atoms with Crippen molar-refractivity contribution in [3.63, 3.8) is 0 Å². The number of hydrazine groups is 1. The number of benzene rings is 2. The first-order valence-corrected chi connectivity index (χ1v) is 7.04. The molecule has 0 saturated carbocycles. The summed E-state index contributed by atoms with van der Waals surface area (Å²) in [4.78, 5) is 0. The molecule has 2 aromatic rings. The van der Waals surface area contributed by atoms with E-state index in [2.05, 4.69) is 21.4 Å². The first kappa shape index (κ1) is 15.4. The fraction of sp³-hybridized carbons (Fsp3) is 0.143. The molecule has 0 aliphatic carbocycles. The average molecular weight is 362 g/mol. The van der Waals surface area contributed by atoms with Crippen LogP contribution in [0.1, 0.15) is 17.2 Å². The highest BCUT2D eigenvalue weighted by Crippen LogP contribution is 2.29. The topological polar surface area (TPSA) is 38.0 Å². The third-order valence-corrected chi connectivity index (χ3v) is 3.81. The predicted octanol–water partition coefficient (Wildman–Crippen LogP) is 4.13. The van der Waals surface area contributed by atoms with E-state index in [1.165, 1.54) is 18.2 Å². The van der Waals surface area contributed by atoms with Gasteiger partial charge in [-0.3, -0.25) is 11.3 Å². The van der Waals surface area contributed by atoms with Crippen molar-refractivity contribution in [1.29, 1.82) is 0 Å². The lowest BCUT2D eigenvalue weighted by atomic mass is 9.98. The lowest BCUT2D eigenvalue weighted by Gasteiger charge is -2.19. The monoisotopic (exact) mass is 360 g/mol. The lowest BCUT2D eigenvalue weighted by molar-refractivity contribution is 0.499. The molecule has 106 valence electrons. The standard InChI is InChI=1S/C14H12BrClF2N2/c15-9-5-4-8(12(18)7-9)6-13(20-19)14-10(16)2-1-3-11(14)17/h1-5,7,13,20H,6,19H2. The van der Waals surface area contributed by atoms with E-state index in [1.54, 1.807) is 18.2 Å². The zero-order valence-corrected chi connectivity index (χ0v) is 12.7. The zero-order valence-electron chi connectivity index (χ0n) is 10.3. The maximum absolute atomic E-state index is 13.9. The molecule has 20 heavy (non-hydrogen) atoms. The molecule has 0 amide bonds. The van der Waals surface area contributed by atoms with E-state index in [4.69, 9.17) is 17.4 Å². The lowest BCUT2D eigenvalue weighted by Crippen LogP contribution is -2.30. The minimum atomic E-state index is -0.612. The molecule has 6 heteroatoms. The molecule has 2 nitrogen and oxygen atoms in total. The predicted molar refractivity (Wildman–Crippen MR) is 79.3 cm³/mol. The molecule has 1 unspecified atom stereocenters. The molecule has 0 fully saturated rings. The van der Waals surface area contributed by atoms with Crippen molar-refractivity contribution in [3.8, 4) is 0 Å². The highest BCUT2D eigenvalue weighted by molar-refractivity contribution is 9.10. The summed E-state index contributed by atoms with van der Waals surface area (Å²) in [6.45, 7) is 0. The Labute approximate surface area is 129 Å². The fourth-order valence-corrected chi connectivity index (χ4v) is 2.62. The van der Waals surface area contributed by atoms with Crippen LogP contribution in [-0.4, -0.2) is 0 Å². The van der Waals surface area contributed by atoms with Crippen LogP contribution in [-0.2, 0) is 6.42 Å². The zero-order chi connectivity index (χ0) is 14.7. The van der Waals surface area contributed by atoms with E-state index in [0.29, 0.717) is 10.0 Å². The maximum Gasteiger partial charge on any atom is 0.129 e. The summed E-state index contributed by atoms with van der Waals surface area (Å²) in [5.74, 6) is 4.61. The number of hydrogen-bond acceptors (Lipinski definition) is 2. The van der Waals surface area contributed by atoms with Crippen LogP contribution < -0.4 is 11.3 Å². The first-order valence-electron chi connectivity index (χ1n) is 5.87. The van der Waals surface area contributed by atoms with Gasteiger partial charge in [-0.15, -0.1) is 0 Å². The number of rotatable bonds is 4. The second-order valence-corrected chi connectivity index (χ2v) is 5.62. The molecule has 2 aromatic carbocycles. The quantitative estimate of drug-likeness (QED) is 0.635. The van der Waals surface area contributed by atoms with Crippen LogP contribution in [0, 0.1) is 11.6 Å². The number of halogens is 4. The smallest absolute Gasteiger partial charge is 0.129 e. The average Bonchev–Trinajstić information content (AvgIpc) is 2.39. The summed E-state index contributed by atoms with van der Waals surface area (Å²) in [6, 6.07) is 8.46. The van der Waals surface area contributed by atoms with Crippen LogP contribution in [0.2, 0.25) is 5.02 Å². The van der Waals surface area contributed by atoms with Gasteiger partial charge in [0, 0.05) is 15.1 Å². The Bertz CT molecular complexity index is 602. The summed E-state index contributed by atoms with van der Waals surface area (Å²) in [6.07, 6.45) is 0.191. The molecule has 0 spiro atoms. The van der Waals surface area contributed by atoms with Gasteiger partial charge < -0.3 is 0 Å². The van der Waals surface area contributed by atoms with Gasteiger partial charge >= 0.3 is 0 Å². The van der Waals surface area contributed by atoms with Crippen molar-refractivity contribution in [1.82, 2.24) is 5.43 Å². The molecular formula is C14H12BrClF2N2. The van der Waals surface area contributed by atoms with Gasteiger partial charge in [0.15, 0.2) is 0 Å². The Kier molecular flexibility index (Phi) is 5.10. The van der Waals surface area contributed by atoms with Gasteiger partial charge in [-0.05, 0) is 36.2 Å². The second-order valence-electron chi connectivity index (χ2n) is 4.29. The number of hydrogen-bond donors (Lipinski definition) is 2. The molecule has 0 aliphatic rings. The molecular weight excluding hydrogens is 350 g/mol. The molecule has 0 radical (unpaired) electrons. The van der Waals surface area contributed by atoms with E-state index in [9.17, 15) is 8.78 Å². The summed E-state index contributed by atoms with van der Waals surface area (Å²) < 4.78 is 28.4. The molecule has 1 atom stereocenters. The van der Waals surface area contributed by atoms with E-state index in [1.807, 2.05) is 0 Å². The first-order chi connectivity index (χ1) is 9.52. The normalized spacial score (nSPS) is 12.4. The molecule has 3 N–H and O–H groups in total. The fourth-order valence-electron chi connectivity index (χ4n) is 2.00. The summed E-state index contributed by atoms with van der Waals surface area (Å²) in [7, 11) is 0. The van der Waals surface area contributed by atoms with Gasteiger partial charge in [0.2, 0.25) is 0 Å². The van der Waals surface area contributed by atoms with Gasteiger partial charge in [0.1, 0.15) is 11.6 Å². The number of nitrogens with two attached hydrogens (primary N) is 1. The van der Waals surface area contributed by atoms with Gasteiger partial charge in [-0.1, -0.05) is 39.7 Å². The Balaban J connectivity index is 2.34. The van der Waals surface area contributed by atoms with E-state index < -0.39 is 11.9 Å². The van der Waals surface area contributed by atoms with Crippen LogP contribution >= 0.6 is 27.5 Å². The molecule has 0 saturated heterocycles. The molecule has 2 rings (SSSR count). The van der Waals surface area contributed by atoms with E-state index in [0.717, 1.165) is 0 Å². The van der Waals surface area contributed by atoms with Gasteiger partial charge in [-0.2, -0.15) is 0 Å². The Morgan fingerprint density at radius 3 is 2.55 bits per heavy atom. The highest BCUT2D eigenvalue weighted by atomic mass is 79.9. The minimum Gasteiger partial charge on any atom is -0.271 e. The molecule has 0 aromatic heterocycles. The Hall–Kier alpha value is -1.01. The summed E-state index contributed by atoms with van der Waals surface area (Å²) in [5, 5.41) is 0.255. The van der Waals surface area contributed by atoms with Crippen molar-refractivity contribution in [2.24, 2.45) is 5.84 Å². The van der Waals surface area contributed by atoms with Gasteiger partial charge in [0.05, 0.1) is 6.04 Å². The van der Waals surface area contributed by atoms with Crippen LogP contribution in [0.25, 0.3) is 0 Å². The van der Waals surface area contributed by atoms with Crippen LogP contribution in [0.3, 0.4) is 0 Å². The third-order valence-electron chi connectivity index (χ3n) is 2.99. The minimum absolute atomic E-state index is 0.191. The molecule has 0 aliphatic heterocycles. The largest absolute Gasteiger partial charge is 0.271 e. The van der Waals surface area contributed by atoms with Crippen LogP contribution in [0.4, 0.5) is 8.78 Å². The molecule has 0 bridgehead atoms.